The van der Waals surface area contributed by atoms with E-state index in [0.717, 1.165) is 24.2 Å². The van der Waals surface area contributed by atoms with Crippen LogP contribution in [0.25, 0.3) is 0 Å². The molecule has 1 aromatic heterocycles. The number of carbonyl (C=O) groups is 1. The summed E-state index contributed by atoms with van der Waals surface area (Å²) in [7, 11) is 3.27. The van der Waals surface area contributed by atoms with E-state index in [2.05, 4.69) is 22.1 Å². The van der Waals surface area contributed by atoms with Crippen molar-refractivity contribution in [1.82, 2.24) is 10.2 Å². The molecule has 3 rings (SSSR count). The Labute approximate surface area is 146 Å². The number of benzene rings is 1. The minimum absolute atomic E-state index is 0.00864. The molecule has 0 aliphatic carbocycles. The summed E-state index contributed by atoms with van der Waals surface area (Å²) in [5.74, 6) is 1.45. The van der Waals surface area contributed by atoms with Gasteiger partial charge in [-0.15, -0.1) is 0 Å². The molecule has 2 aromatic rings. The monoisotopic (exact) mass is 346 g/mol. The lowest BCUT2D eigenvalue weighted by molar-refractivity contribution is 0.192. The van der Waals surface area contributed by atoms with Crippen LogP contribution >= 0.6 is 11.3 Å². The Morgan fingerprint density at radius 2 is 2.00 bits per heavy atom. The molecule has 0 unspecified atom stereocenters. The van der Waals surface area contributed by atoms with E-state index in [0.29, 0.717) is 25.4 Å². The molecule has 5 nitrogen and oxygen atoms in total. The molecule has 0 spiro atoms. The van der Waals surface area contributed by atoms with Crippen molar-refractivity contribution in [3.05, 3.63) is 45.6 Å². The normalized spacial score (nSPS) is 13.3. The Balaban J connectivity index is 1.60. The van der Waals surface area contributed by atoms with E-state index >= 15 is 0 Å². The van der Waals surface area contributed by atoms with E-state index < -0.39 is 0 Å². The number of hydrogen-bond donors (Lipinski definition) is 1. The van der Waals surface area contributed by atoms with E-state index in [9.17, 15) is 4.79 Å². The third-order valence-corrected chi connectivity index (χ3v) is 5.01. The molecule has 1 aliphatic rings. The first-order valence-corrected chi connectivity index (χ1v) is 8.93. The van der Waals surface area contributed by atoms with Crippen LogP contribution in [0.5, 0.6) is 11.5 Å². The third-order valence-electron chi connectivity index (χ3n) is 4.28. The Morgan fingerprint density at radius 3 is 2.67 bits per heavy atom. The zero-order valence-corrected chi connectivity index (χ0v) is 14.8. The summed E-state index contributed by atoms with van der Waals surface area (Å²) < 4.78 is 10.7. The number of urea groups is 1. The van der Waals surface area contributed by atoms with Gasteiger partial charge in [-0.05, 0) is 58.5 Å². The van der Waals surface area contributed by atoms with Gasteiger partial charge >= 0.3 is 6.03 Å². The number of nitrogens with one attached hydrogen (secondary N) is 1. The van der Waals surface area contributed by atoms with E-state index in [1.165, 1.54) is 11.1 Å². The fraction of sp³-hybridized carbons (Fsp3) is 0.389. The van der Waals surface area contributed by atoms with Crippen molar-refractivity contribution in [3.8, 4) is 11.5 Å². The van der Waals surface area contributed by atoms with E-state index in [1.807, 2.05) is 17.0 Å². The molecule has 6 heteroatoms. The lowest BCUT2D eigenvalue weighted by Gasteiger charge is -2.29. The molecule has 0 saturated heterocycles. The number of nitrogens with zero attached hydrogens (tertiary/aromatic N) is 1. The molecule has 1 N–H and O–H groups in total. The van der Waals surface area contributed by atoms with E-state index in [-0.39, 0.29) is 6.03 Å². The molecule has 24 heavy (non-hydrogen) atoms. The molecule has 0 atom stereocenters. The lowest BCUT2D eigenvalue weighted by atomic mass is 9.99. The molecule has 128 valence electrons. The molecule has 0 saturated carbocycles. The maximum absolute atomic E-state index is 12.4. The summed E-state index contributed by atoms with van der Waals surface area (Å²) in [6.45, 7) is 1.97. The molecule has 0 bridgehead atoms. The van der Waals surface area contributed by atoms with Crippen LogP contribution in [-0.2, 0) is 19.4 Å². The molecule has 2 heterocycles. The molecule has 2 amide bonds. The van der Waals surface area contributed by atoms with E-state index in [1.54, 1.807) is 25.6 Å². The van der Waals surface area contributed by atoms with Crippen LogP contribution in [0.1, 0.15) is 16.7 Å². The average Bonchev–Trinajstić information content (AvgIpc) is 3.13. The fourth-order valence-electron chi connectivity index (χ4n) is 2.92. The number of thiophene rings is 1. The molecule has 0 radical (unpaired) electrons. The fourth-order valence-corrected chi connectivity index (χ4v) is 3.62. The highest BCUT2D eigenvalue weighted by Crippen LogP contribution is 2.33. The number of carbonyl (C=O) groups excluding carboxylic acids is 1. The van der Waals surface area contributed by atoms with Gasteiger partial charge in [-0.25, -0.2) is 4.79 Å². The zero-order chi connectivity index (χ0) is 16.9. The van der Waals surface area contributed by atoms with Gasteiger partial charge in [0.25, 0.3) is 0 Å². The summed E-state index contributed by atoms with van der Waals surface area (Å²) in [4.78, 5) is 14.2. The highest BCUT2D eigenvalue weighted by Gasteiger charge is 2.22. The smallest absolute Gasteiger partial charge is 0.317 e. The summed E-state index contributed by atoms with van der Waals surface area (Å²) >= 11 is 1.68. The number of ether oxygens (including phenoxy) is 2. The molecular formula is C18H22N2O3S. The molecular weight excluding hydrogens is 324 g/mol. The van der Waals surface area contributed by atoms with Crippen LogP contribution in [0.2, 0.25) is 0 Å². The number of fused-ring (bicyclic) bond motifs is 1. The van der Waals surface area contributed by atoms with Crippen molar-refractivity contribution in [2.45, 2.75) is 19.4 Å². The predicted molar refractivity (Wildman–Crippen MR) is 95.1 cm³/mol. The average molecular weight is 346 g/mol. The quantitative estimate of drug-likeness (QED) is 0.905. The molecule has 0 fully saturated rings. The maximum Gasteiger partial charge on any atom is 0.317 e. The summed E-state index contributed by atoms with van der Waals surface area (Å²) in [5.41, 5.74) is 3.60. The van der Waals surface area contributed by atoms with Crippen LogP contribution in [-0.4, -0.2) is 38.2 Å². The van der Waals surface area contributed by atoms with Crippen LogP contribution in [0.4, 0.5) is 4.79 Å². The number of methoxy groups -OCH3 is 2. The Bertz CT molecular complexity index is 701. The van der Waals surface area contributed by atoms with Gasteiger partial charge in [0.2, 0.25) is 0 Å². The Hall–Kier alpha value is -2.21. The second-order valence-electron chi connectivity index (χ2n) is 5.76. The summed E-state index contributed by atoms with van der Waals surface area (Å²) in [5, 5.41) is 7.18. The first kappa shape index (κ1) is 16.6. The van der Waals surface area contributed by atoms with E-state index in [4.69, 9.17) is 9.47 Å². The minimum atomic E-state index is -0.00864. The molecule has 1 aliphatic heterocycles. The van der Waals surface area contributed by atoms with Crippen LogP contribution in [0.3, 0.4) is 0 Å². The summed E-state index contributed by atoms with van der Waals surface area (Å²) in [6.07, 6.45) is 1.69. The van der Waals surface area contributed by atoms with Crippen molar-refractivity contribution in [1.29, 1.82) is 0 Å². The SMILES string of the molecule is COc1cc2c(cc1OC)CN(C(=O)NCCc1ccsc1)CC2. The highest BCUT2D eigenvalue weighted by atomic mass is 32.1. The van der Waals surface area contributed by atoms with Gasteiger partial charge in [0.1, 0.15) is 0 Å². The summed E-state index contributed by atoms with van der Waals surface area (Å²) in [6, 6.07) is 6.07. The van der Waals surface area contributed by atoms with Gasteiger partial charge in [0.05, 0.1) is 14.2 Å². The number of hydrogen-bond acceptors (Lipinski definition) is 4. The van der Waals surface area contributed by atoms with Crippen molar-refractivity contribution in [2.75, 3.05) is 27.3 Å². The molecule has 1 aromatic carbocycles. The van der Waals surface area contributed by atoms with Gasteiger partial charge in [-0.3, -0.25) is 0 Å². The highest BCUT2D eigenvalue weighted by molar-refractivity contribution is 7.07. The Morgan fingerprint density at radius 1 is 1.25 bits per heavy atom. The van der Waals surface area contributed by atoms with Crippen molar-refractivity contribution in [2.24, 2.45) is 0 Å². The number of amides is 2. The first-order valence-electron chi connectivity index (χ1n) is 7.99. The minimum Gasteiger partial charge on any atom is -0.493 e. The standard InChI is InChI=1S/C18H22N2O3S/c1-22-16-9-14-4-7-20(11-15(14)10-17(16)23-2)18(21)19-6-3-13-5-8-24-12-13/h5,8-10,12H,3-4,6-7,11H2,1-2H3,(H,19,21). The van der Waals surface area contributed by atoms with Crippen molar-refractivity contribution < 1.29 is 14.3 Å². The lowest BCUT2D eigenvalue weighted by Crippen LogP contribution is -2.43. The van der Waals surface area contributed by atoms with Gasteiger partial charge in [-0.1, -0.05) is 0 Å². The zero-order valence-electron chi connectivity index (χ0n) is 14.0. The second kappa shape index (κ2) is 7.57. The Kier molecular flexibility index (Phi) is 5.25. The van der Waals surface area contributed by atoms with Gasteiger partial charge in [0, 0.05) is 19.6 Å². The second-order valence-corrected chi connectivity index (χ2v) is 6.54. The van der Waals surface area contributed by atoms with Crippen LogP contribution < -0.4 is 14.8 Å². The first-order chi connectivity index (χ1) is 11.7. The maximum atomic E-state index is 12.4. The largest absolute Gasteiger partial charge is 0.493 e. The van der Waals surface area contributed by atoms with Crippen LogP contribution in [0.15, 0.2) is 29.0 Å². The number of rotatable bonds is 5. The van der Waals surface area contributed by atoms with Crippen molar-refractivity contribution in [3.63, 3.8) is 0 Å². The topological polar surface area (TPSA) is 50.8 Å². The van der Waals surface area contributed by atoms with Crippen LogP contribution in [0, 0.1) is 0 Å². The third kappa shape index (κ3) is 3.64. The van der Waals surface area contributed by atoms with Gasteiger partial charge in [-0.2, -0.15) is 11.3 Å². The van der Waals surface area contributed by atoms with Gasteiger partial charge in [0.15, 0.2) is 11.5 Å². The van der Waals surface area contributed by atoms with Gasteiger partial charge < -0.3 is 19.7 Å². The predicted octanol–water partition coefficient (Wildman–Crippen LogP) is 3.08. The van der Waals surface area contributed by atoms with Crippen molar-refractivity contribution >= 4 is 17.4 Å².